The number of hydrogen-bond acceptors (Lipinski definition) is 5. The van der Waals surface area contributed by atoms with E-state index in [1.54, 1.807) is 0 Å². The van der Waals surface area contributed by atoms with Gasteiger partial charge in [0.25, 0.3) is 0 Å². The van der Waals surface area contributed by atoms with Crippen LogP contribution in [0, 0.1) is 9.65 Å². The van der Waals surface area contributed by atoms with Gasteiger partial charge in [-0.05, 0) is 77.6 Å². The van der Waals surface area contributed by atoms with Crippen molar-refractivity contribution >= 4 is 39.6 Å². The first-order chi connectivity index (χ1) is 13.5. The highest BCUT2D eigenvalue weighted by atomic mass is 127. The molecule has 0 fully saturated rings. The van der Waals surface area contributed by atoms with Gasteiger partial charge < -0.3 is 16.0 Å². The van der Waals surface area contributed by atoms with Gasteiger partial charge in [0.1, 0.15) is 12.0 Å². The van der Waals surface area contributed by atoms with Gasteiger partial charge in [-0.1, -0.05) is 6.07 Å². The number of anilines is 1. The molecule has 1 aliphatic rings. The van der Waals surface area contributed by atoms with Crippen molar-refractivity contribution < 1.29 is 8.78 Å². The Balaban J connectivity index is 1.77. The lowest BCUT2D eigenvalue weighted by Gasteiger charge is -2.12. The molecule has 0 radical (unpaired) electrons. The molecule has 2 aromatic heterocycles. The van der Waals surface area contributed by atoms with Crippen LogP contribution >= 0.6 is 22.6 Å². The lowest BCUT2D eigenvalue weighted by Crippen LogP contribution is -2.09. The molecule has 0 aliphatic heterocycles. The fraction of sp³-hybridized carbons (Fsp3) is 0.421. The fourth-order valence-corrected chi connectivity index (χ4v) is 4.48. The highest BCUT2D eigenvalue weighted by molar-refractivity contribution is 14.1. The molecule has 0 bridgehead atoms. The molecule has 1 aromatic carbocycles. The second-order valence-electron chi connectivity index (χ2n) is 7.05. The molecule has 0 amide bonds. The van der Waals surface area contributed by atoms with Crippen LogP contribution in [0.4, 0.5) is 14.6 Å². The summed E-state index contributed by atoms with van der Waals surface area (Å²) in [6.07, 6.45) is 1.66. The number of hydrogen-bond donors (Lipinski definition) is 2. The summed E-state index contributed by atoms with van der Waals surface area (Å²) in [7, 11) is 0. The third-order valence-corrected chi connectivity index (χ3v) is 6.17. The van der Waals surface area contributed by atoms with E-state index in [9.17, 15) is 8.78 Å². The normalized spacial score (nSPS) is 16.1. The lowest BCUT2D eigenvalue weighted by molar-refractivity contribution is 0.343. The molecule has 2 heterocycles. The van der Waals surface area contributed by atoms with Gasteiger partial charge in [0.15, 0.2) is 17.0 Å². The predicted molar refractivity (Wildman–Crippen MR) is 112 cm³/mol. The number of fused-ring (bicyclic) bond motifs is 2. The minimum Gasteiger partial charge on any atom is -0.382 e. The Hall–Kier alpha value is -1.88. The Morgan fingerprint density at radius 3 is 2.82 bits per heavy atom. The van der Waals surface area contributed by atoms with Crippen molar-refractivity contribution in [3.05, 3.63) is 44.3 Å². The fourth-order valence-electron chi connectivity index (χ4n) is 3.75. The first-order valence-electron chi connectivity index (χ1n) is 9.31. The molecule has 6 nitrogen and oxygen atoms in total. The molecule has 4 rings (SSSR count). The maximum Gasteiger partial charge on any atom is 0.312 e. The van der Waals surface area contributed by atoms with E-state index in [-0.39, 0.29) is 5.82 Å². The maximum atomic E-state index is 14.2. The average molecular weight is 498 g/mol. The van der Waals surface area contributed by atoms with Crippen LogP contribution in [0.1, 0.15) is 47.9 Å². The van der Waals surface area contributed by atoms with Crippen LogP contribution in [0.3, 0.4) is 0 Å². The van der Waals surface area contributed by atoms with Crippen molar-refractivity contribution in [3.8, 4) is 0 Å². The topological polar surface area (TPSA) is 95.6 Å². The Labute approximate surface area is 174 Å². The standard InChI is InChI=1S/C19H21F2IN6/c20-13-4-3-10-8-14(22)11(7-12(10)13)9-15-25-16-17(24)26-19(21)27-18(16)28(15)6-2-1-5-23/h7-8,13H,1-6,9,23H2,(H2,24,26,27). The molecule has 0 spiro atoms. The summed E-state index contributed by atoms with van der Waals surface area (Å²) >= 11 is 2.28. The first-order valence-corrected chi connectivity index (χ1v) is 10.4. The number of halogens is 3. The number of aryl methyl sites for hydroxylation is 2. The summed E-state index contributed by atoms with van der Waals surface area (Å²) in [5.74, 6) is 0.735. The molecule has 148 valence electrons. The third-order valence-electron chi connectivity index (χ3n) is 5.17. The van der Waals surface area contributed by atoms with Crippen molar-refractivity contribution in [2.45, 2.75) is 44.8 Å². The molecule has 1 aliphatic carbocycles. The van der Waals surface area contributed by atoms with E-state index in [2.05, 4.69) is 43.6 Å². The lowest BCUT2D eigenvalue weighted by atomic mass is 10.0. The molecule has 0 saturated carbocycles. The van der Waals surface area contributed by atoms with Crippen molar-refractivity contribution in [2.24, 2.45) is 5.73 Å². The second-order valence-corrected chi connectivity index (χ2v) is 8.21. The zero-order chi connectivity index (χ0) is 19.8. The van der Waals surface area contributed by atoms with Crippen LogP contribution in [0.15, 0.2) is 12.1 Å². The largest absolute Gasteiger partial charge is 0.382 e. The van der Waals surface area contributed by atoms with Crippen LogP contribution in [-0.4, -0.2) is 26.1 Å². The number of unbranched alkanes of at least 4 members (excludes halogenated alkanes) is 1. The SMILES string of the molecule is NCCCCn1c(Cc2cc3c(cc2I)CCC3F)nc2c(N)nc(F)nc21. The van der Waals surface area contributed by atoms with Crippen LogP contribution in [0.25, 0.3) is 11.2 Å². The number of rotatable bonds is 6. The van der Waals surface area contributed by atoms with E-state index in [1.807, 2.05) is 10.6 Å². The van der Waals surface area contributed by atoms with Gasteiger partial charge >= 0.3 is 6.08 Å². The van der Waals surface area contributed by atoms with Crippen LogP contribution in [-0.2, 0) is 19.4 Å². The number of nitrogen functional groups attached to an aromatic ring is 1. The number of nitrogens with zero attached hydrogens (tertiary/aromatic N) is 4. The molecular weight excluding hydrogens is 477 g/mol. The van der Waals surface area contributed by atoms with Crippen molar-refractivity contribution in [3.63, 3.8) is 0 Å². The molecule has 1 atom stereocenters. The number of benzene rings is 1. The van der Waals surface area contributed by atoms with Gasteiger partial charge in [-0.3, -0.25) is 0 Å². The monoisotopic (exact) mass is 498 g/mol. The molecule has 3 aromatic rings. The minimum absolute atomic E-state index is 0.0220. The number of aromatic nitrogens is 4. The van der Waals surface area contributed by atoms with Gasteiger partial charge in [-0.15, -0.1) is 0 Å². The summed E-state index contributed by atoms with van der Waals surface area (Å²) in [6.45, 7) is 1.18. The van der Waals surface area contributed by atoms with Crippen molar-refractivity contribution in [1.82, 2.24) is 19.5 Å². The third kappa shape index (κ3) is 3.57. The Morgan fingerprint density at radius 1 is 1.21 bits per heavy atom. The van der Waals surface area contributed by atoms with E-state index >= 15 is 0 Å². The maximum absolute atomic E-state index is 14.2. The van der Waals surface area contributed by atoms with Gasteiger partial charge in [0.05, 0.1) is 0 Å². The highest BCUT2D eigenvalue weighted by Gasteiger charge is 2.24. The van der Waals surface area contributed by atoms with Gasteiger partial charge in [0, 0.05) is 16.5 Å². The van der Waals surface area contributed by atoms with Gasteiger partial charge in [-0.25, -0.2) is 9.37 Å². The molecular formula is C19H21F2IN6. The zero-order valence-electron chi connectivity index (χ0n) is 15.3. The zero-order valence-corrected chi connectivity index (χ0v) is 17.4. The van der Waals surface area contributed by atoms with E-state index in [0.29, 0.717) is 42.9 Å². The summed E-state index contributed by atoms with van der Waals surface area (Å²) in [4.78, 5) is 12.1. The minimum atomic E-state index is -0.912. The summed E-state index contributed by atoms with van der Waals surface area (Å²) < 4.78 is 30.9. The Kier molecular flexibility index (Phi) is 5.46. The Bertz CT molecular complexity index is 1040. The first kappa shape index (κ1) is 19.4. The van der Waals surface area contributed by atoms with Crippen LogP contribution in [0.5, 0.6) is 0 Å². The summed E-state index contributed by atoms with van der Waals surface area (Å²) in [6, 6.07) is 3.99. The molecule has 9 heteroatoms. The van der Waals surface area contributed by atoms with Crippen molar-refractivity contribution in [1.29, 1.82) is 0 Å². The van der Waals surface area contributed by atoms with E-state index in [0.717, 1.165) is 39.5 Å². The van der Waals surface area contributed by atoms with Crippen LogP contribution in [0.2, 0.25) is 0 Å². The predicted octanol–water partition coefficient (Wildman–Crippen LogP) is 3.44. The molecule has 4 N–H and O–H groups in total. The number of alkyl halides is 1. The van der Waals surface area contributed by atoms with Gasteiger partial charge in [-0.2, -0.15) is 14.4 Å². The smallest absolute Gasteiger partial charge is 0.312 e. The van der Waals surface area contributed by atoms with E-state index < -0.39 is 12.2 Å². The average Bonchev–Trinajstić information content (AvgIpc) is 3.17. The van der Waals surface area contributed by atoms with Crippen molar-refractivity contribution in [2.75, 3.05) is 12.3 Å². The van der Waals surface area contributed by atoms with E-state index in [4.69, 9.17) is 11.5 Å². The molecule has 28 heavy (non-hydrogen) atoms. The van der Waals surface area contributed by atoms with Crippen LogP contribution < -0.4 is 11.5 Å². The Morgan fingerprint density at radius 2 is 2.04 bits per heavy atom. The second kappa shape index (κ2) is 7.86. The number of nitrogens with two attached hydrogens (primary N) is 2. The summed E-state index contributed by atoms with van der Waals surface area (Å²) in [5.41, 5.74) is 15.1. The van der Waals surface area contributed by atoms with E-state index in [1.165, 1.54) is 0 Å². The molecule has 1 unspecified atom stereocenters. The summed E-state index contributed by atoms with van der Waals surface area (Å²) in [5, 5.41) is 0. The number of imidazole rings is 1. The quantitative estimate of drug-likeness (QED) is 0.309. The van der Waals surface area contributed by atoms with Gasteiger partial charge in [0.2, 0.25) is 0 Å². The highest BCUT2D eigenvalue weighted by Crippen LogP contribution is 2.36. The molecule has 0 saturated heterocycles.